The van der Waals surface area contributed by atoms with E-state index in [9.17, 15) is 5.11 Å². The number of aliphatic hydroxyl groups is 1. The molecule has 1 atom stereocenters. The van der Waals surface area contributed by atoms with Crippen LogP contribution in [0.4, 0.5) is 0 Å². The number of halogens is 1. The zero-order valence-corrected chi connectivity index (χ0v) is 7.78. The molecule has 0 fully saturated rings. The lowest BCUT2D eigenvalue weighted by atomic mass is 10.1. The summed E-state index contributed by atoms with van der Waals surface area (Å²) in [5.74, 6) is 0. The lowest BCUT2D eigenvalue weighted by Gasteiger charge is -2.06. The summed E-state index contributed by atoms with van der Waals surface area (Å²) in [4.78, 5) is 0. The molecule has 0 aliphatic carbocycles. The minimum atomic E-state index is -0.0325. The first kappa shape index (κ1) is 12.9. The van der Waals surface area contributed by atoms with Gasteiger partial charge >= 0.3 is 0 Å². The molecule has 0 saturated carbocycles. The van der Waals surface area contributed by atoms with E-state index >= 15 is 0 Å². The Morgan fingerprint density at radius 1 is 1.10 bits per heavy atom. The second-order valence-electron chi connectivity index (χ2n) is 2.58. The van der Waals surface area contributed by atoms with E-state index in [4.69, 9.17) is 0 Å². The van der Waals surface area contributed by atoms with Gasteiger partial charge in [-0.05, 0) is 12.8 Å². The average molecular weight is 167 g/mol. The van der Waals surface area contributed by atoms with E-state index < -0.39 is 0 Å². The Hall–Kier alpha value is 0.250. The molecular weight excluding hydrogens is 148 g/mol. The lowest BCUT2D eigenvalue weighted by Crippen LogP contribution is -2.04. The van der Waals surface area contributed by atoms with Crippen LogP contribution in [-0.2, 0) is 0 Å². The van der Waals surface area contributed by atoms with Gasteiger partial charge in [0.1, 0.15) is 0 Å². The zero-order chi connectivity index (χ0) is 7.11. The fourth-order valence-electron chi connectivity index (χ4n) is 0.917. The van der Waals surface area contributed by atoms with Gasteiger partial charge in [-0.1, -0.05) is 33.1 Å². The second kappa shape index (κ2) is 9.25. The quantitative estimate of drug-likeness (QED) is 0.666. The minimum Gasteiger partial charge on any atom is -0.393 e. The van der Waals surface area contributed by atoms with Crippen molar-refractivity contribution in [3.63, 3.8) is 0 Å². The van der Waals surface area contributed by atoms with Gasteiger partial charge in [0, 0.05) is 0 Å². The second-order valence-corrected chi connectivity index (χ2v) is 2.58. The van der Waals surface area contributed by atoms with Crippen molar-refractivity contribution in [3.05, 3.63) is 0 Å². The van der Waals surface area contributed by atoms with E-state index in [0.717, 1.165) is 19.3 Å². The van der Waals surface area contributed by atoms with Gasteiger partial charge in [0.25, 0.3) is 0 Å². The summed E-state index contributed by atoms with van der Waals surface area (Å²) < 4.78 is 0. The van der Waals surface area contributed by atoms with Crippen LogP contribution >= 0.6 is 12.4 Å². The van der Waals surface area contributed by atoms with Gasteiger partial charge < -0.3 is 5.11 Å². The Balaban J connectivity index is 0. The van der Waals surface area contributed by atoms with Crippen molar-refractivity contribution < 1.29 is 5.11 Å². The predicted molar refractivity (Wildman–Crippen MR) is 47.7 cm³/mol. The predicted octanol–water partition coefficient (Wildman–Crippen LogP) is 2.76. The van der Waals surface area contributed by atoms with Gasteiger partial charge in [0.2, 0.25) is 0 Å². The largest absolute Gasteiger partial charge is 0.393 e. The molecule has 1 unspecified atom stereocenters. The Labute approximate surface area is 70.2 Å². The van der Waals surface area contributed by atoms with E-state index in [0.29, 0.717) is 0 Å². The summed E-state index contributed by atoms with van der Waals surface area (Å²) in [6.45, 7) is 4.26. The van der Waals surface area contributed by atoms with E-state index in [2.05, 4.69) is 13.8 Å². The monoisotopic (exact) mass is 166 g/mol. The highest BCUT2D eigenvalue weighted by Crippen LogP contribution is 2.05. The highest BCUT2D eigenvalue weighted by Gasteiger charge is 1.99. The van der Waals surface area contributed by atoms with Gasteiger partial charge in [0.15, 0.2) is 0 Å². The van der Waals surface area contributed by atoms with Crippen LogP contribution in [0.15, 0.2) is 0 Å². The first-order valence-corrected chi connectivity index (χ1v) is 3.99. The van der Waals surface area contributed by atoms with Crippen LogP contribution in [0.3, 0.4) is 0 Å². The molecule has 0 heterocycles. The molecule has 0 aliphatic rings. The number of hydrogen-bond acceptors (Lipinski definition) is 1. The van der Waals surface area contributed by atoms with Crippen molar-refractivity contribution in [2.24, 2.45) is 0 Å². The third-order valence-corrected chi connectivity index (χ3v) is 1.51. The van der Waals surface area contributed by atoms with Crippen LogP contribution in [0.2, 0.25) is 0 Å². The van der Waals surface area contributed by atoms with Crippen LogP contribution in [0.1, 0.15) is 46.0 Å². The average Bonchev–Trinajstić information content (AvgIpc) is 1.85. The fourth-order valence-corrected chi connectivity index (χ4v) is 0.917. The molecule has 64 valence electrons. The molecule has 0 aliphatic heterocycles. The number of hydrogen-bond donors (Lipinski definition) is 1. The maximum atomic E-state index is 9.18. The zero-order valence-electron chi connectivity index (χ0n) is 6.97. The van der Waals surface area contributed by atoms with Crippen LogP contribution in [-0.4, -0.2) is 11.2 Å². The summed E-state index contributed by atoms with van der Waals surface area (Å²) in [7, 11) is 0. The molecule has 0 aromatic rings. The molecular formula is C8H19ClO. The SMILES string of the molecule is CCCCC(O)CCC.Cl. The number of rotatable bonds is 5. The van der Waals surface area contributed by atoms with Crippen molar-refractivity contribution in [2.75, 3.05) is 0 Å². The normalized spacial score (nSPS) is 12.3. The van der Waals surface area contributed by atoms with Gasteiger partial charge in [-0.25, -0.2) is 0 Å². The molecule has 10 heavy (non-hydrogen) atoms. The van der Waals surface area contributed by atoms with E-state index in [-0.39, 0.29) is 18.5 Å². The van der Waals surface area contributed by atoms with Crippen LogP contribution in [0.25, 0.3) is 0 Å². The molecule has 0 bridgehead atoms. The van der Waals surface area contributed by atoms with E-state index in [1.54, 1.807) is 0 Å². The highest BCUT2D eigenvalue weighted by molar-refractivity contribution is 5.85. The molecule has 0 amide bonds. The Kier molecular flexibility index (Phi) is 11.9. The van der Waals surface area contributed by atoms with Crippen molar-refractivity contribution in [1.82, 2.24) is 0 Å². The molecule has 0 spiro atoms. The summed E-state index contributed by atoms with van der Waals surface area (Å²) in [6, 6.07) is 0. The molecule has 0 aromatic carbocycles. The minimum absolute atomic E-state index is 0. The van der Waals surface area contributed by atoms with Crippen LogP contribution < -0.4 is 0 Å². The first-order chi connectivity index (χ1) is 4.31. The lowest BCUT2D eigenvalue weighted by molar-refractivity contribution is 0.150. The Morgan fingerprint density at radius 2 is 1.70 bits per heavy atom. The number of aliphatic hydroxyl groups excluding tert-OH is 1. The standard InChI is InChI=1S/C8H18O.ClH/c1-3-5-7-8(9)6-4-2;/h8-9H,3-7H2,1-2H3;1H. The molecule has 1 nitrogen and oxygen atoms in total. The van der Waals surface area contributed by atoms with Crippen molar-refractivity contribution in [1.29, 1.82) is 0 Å². The van der Waals surface area contributed by atoms with Gasteiger partial charge in [-0.15, -0.1) is 12.4 Å². The van der Waals surface area contributed by atoms with Gasteiger partial charge in [0.05, 0.1) is 6.10 Å². The molecule has 0 radical (unpaired) electrons. The van der Waals surface area contributed by atoms with E-state index in [1.165, 1.54) is 12.8 Å². The molecule has 2 heteroatoms. The van der Waals surface area contributed by atoms with Gasteiger partial charge in [-0.3, -0.25) is 0 Å². The highest BCUT2D eigenvalue weighted by atomic mass is 35.5. The van der Waals surface area contributed by atoms with Crippen molar-refractivity contribution in [2.45, 2.75) is 52.1 Å². The van der Waals surface area contributed by atoms with Crippen molar-refractivity contribution in [3.8, 4) is 0 Å². The summed E-state index contributed by atoms with van der Waals surface area (Å²) in [5, 5.41) is 9.18. The summed E-state index contributed by atoms with van der Waals surface area (Å²) >= 11 is 0. The maximum Gasteiger partial charge on any atom is 0.0540 e. The first-order valence-electron chi connectivity index (χ1n) is 3.99. The molecule has 1 N–H and O–H groups in total. The topological polar surface area (TPSA) is 20.2 Å². The Bertz CT molecular complexity index is 57.2. The summed E-state index contributed by atoms with van der Waals surface area (Å²) in [5.41, 5.74) is 0. The number of unbranched alkanes of at least 4 members (excludes halogenated alkanes) is 1. The molecule has 0 aromatic heterocycles. The van der Waals surface area contributed by atoms with Crippen molar-refractivity contribution >= 4 is 12.4 Å². The third kappa shape index (κ3) is 8.25. The van der Waals surface area contributed by atoms with Gasteiger partial charge in [-0.2, -0.15) is 0 Å². The van der Waals surface area contributed by atoms with E-state index in [1.807, 2.05) is 0 Å². The van der Waals surface area contributed by atoms with Crippen LogP contribution in [0, 0.1) is 0 Å². The fraction of sp³-hybridized carbons (Fsp3) is 1.00. The smallest absolute Gasteiger partial charge is 0.0540 e. The Morgan fingerprint density at radius 3 is 2.10 bits per heavy atom. The van der Waals surface area contributed by atoms with Crippen LogP contribution in [0.5, 0.6) is 0 Å². The maximum absolute atomic E-state index is 9.18. The third-order valence-electron chi connectivity index (χ3n) is 1.51. The molecule has 0 rings (SSSR count). The molecule has 0 saturated heterocycles. The summed E-state index contributed by atoms with van der Waals surface area (Å²) in [6.07, 6.45) is 5.40.